The van der Waals surface area contributed by atoms with Crippen LogP contribution in [0.2, 0.25) is 0 Å². The lowest BCUT2D eigenvalue weighted by molar-refractivity contribution is 1.28. The quantitative estimate of drug-likeness (QED) is 0.131. The fourth-order valence-electron chi connectivity index (χ4n) is 9.21. The Balaban J connectivity index is 1.04. The van der Waals surface area contributed by atoms with Crippen LogP contribution in [0.25, 0.3) is 88.3 Å². The molecule has 63 heavy (non-hydrogen) atoms. The highest BCUT2D eigenvalue weighted by molar-refractivity contribution is 6.09. The molecule has 0 N–H and O–H groups in total. The number of anilines is 3. The van der Waals surface area contributed by atoms with E-state index in [1.54, 1.807) is 0 Å². The average Bonchev–Trinajstić information content (AvgIpc) is 3.37. The molecule has 0 unspecified atom stereocenters. The summed E-state index contributed by atoms with van der Waals surface area (Å²) in [7, 11) is 0. The maximum atomic E-state index is 2.44. The van der Waals surface area contributed by atoms with Crippen molar-refractivity contribution in [3.63, 3.8) is 0 Å². The molecule has 0 spiro atoms. The van der Waals surface area contributed by atoms with Crippen LogP contribution in [-0.4, -0.2) is 0 Å². The van der Waals surface area contributed by atoms with Crippen LogP contribution in [0.5, 0.6) is 0 Å². The van der Waals surface area contributed by atoms with Crippen LogP contribution in [0.3, 0.4) is 0 Å². The molecule has 0 saturated heterocycles. The van der Waals surface area contributed by atoms with Crippen LogP contribution in [0.4, 0.5) is 17.1 Å². The van der Waals surface area contributed by atoms with Crippen LogP contribution < -0.4 is 4.90 Å². The third kappa shape index (κ3) is 7.37. The highest BCUT2D eigenvalue weighted by atomic mass is 15.1. The summed E-state index contributed by atoms with van der Waals surface area (Å²) in [5.41, 5.74) is 17.8. The van der Waals surface area contributed by atoms with Crippen molar-refractivity contribution in [2.75, 3.05) is 4.90 Å². The van der Waals surface area contributed by atoms with Gasteiger partial charge in [-0.05, 0) is 155 Å². The second-order valence-corrected chi connectivity index (χ2v) is 16.1. The van der Waals surface area contributed by atoms with E-state index in [0.717, 1.165) is 17.1 Å². The highest BCUT2D eigenvalue weighted by Gasteiger charge is 2.24. The number of hydrogen-bond donors (Lipinski definition) is 0. The molecular weight excluding hydrogens is 759 g/mol. The molecule has 0 aliphatic heterocycles. The van der Waals surface area contributed by atoms with E-state index in [-0.39, 0.29) is 0 Å². The molecule has 0 fully saturated rings. The van der Waals surface area contributed by atoms with Crippen molar-refractivity contribution in [2.45, 2.75) is 0 Å². The molecule has 1 nitrogen and oxygen atoms in total. The van der Waals surface area contributed by atoms with E-state index < -0.39 is 0 Å². The Hall–Kier alpha value is -8.26. The molecule has 0 bridgehead atoms. The molecule has 0 radical (unpaired) electrons. The first-order valence-corrected chi connectivity index (χ1v) is 21.7. The summed E-state index contributed by atoms with van der Waals surface area (Å²) in [6.07, 6.45) is 0. The molecule has 0 aliphatic carbocycles. The maximum Gasteiger partial charge on any atom is 0.0462 e. The van der Waals surface area contributed by atoms with E-state index >= 15 is 0 Å². The Morgan fingerprint density at radius 1 is 0.190 bits per heavy atom. The molecule has 0 aromatic heterocycles. The van der Waals surface area contributed by atoms with Gasteiger partial charge in [0.25, 0.3) is 0 Å². The Bertz CT molecular complexity index is 3290. The Labute approximate surface area is 369 Å². The van der Waals surface area contributed by atoms with Crippen molar-refractivity contribution in [3.8, 4) is 66.8 Å². The SMILES string of the molecule is c1ccc(-c2cc(-c3ccc4cc5cc(-c6ccc(N(c7ccccc7)c7ccccc7)cc6)ccc5cc4c3)c(-c3ccccc3)c(-c3ccccc3)c2-c2ccccc2)cc1. The van der Waals surface area contributed by atoms with E-state index in [4.69, 9.17) is 0 Å². The summed E-state index contributed by atoms with van der Waals surface area (Å²) < 4.78 is 0. The summed E-state index contributed by atoms with van der Waals surface area (Å²) in [5, 5.41) is 4.88. The minimum atomic E-state index is 1.12. The van der Waals surface area contributed by atoms with Crippen molar-refractivity contribution >= 4 is 38.6 Å². The second-order valence-electron chi connectivity index (χ2n) is 16.1. The fraction of sp³-hybridized carbons (Fsp3) is 0. The molecule has 0 heterocycles. The summed E-state index contributed by atoms with van der Waals surface area (Å²) in [6, 6.07) is 94.7. The molecule has 0 saturated carbocycles. The van der Waals surface area contributed by atoms with E-state index in [2.05, 4.69) is 266 Å². The van der Waals surface area contributed by atoms with Gasteiger partial charge in [-0.1, -0.05) is 194 Å². The van der Waals surface area contributed by atoms with Crippen molar-refractivity contribution in [2.24, 2.45) is 0 Å². The molecule has 0 amide bonds. The van der Waals surface area contributed by atoms with Crippen LogP contribution in [0, 0.1) is 0 Å². The first-order valence-electron chi connectivity index (χ1n) is 21.7. The molecule has 296 valence electrons. The van der Waals surface area contributed by atoms with Crippen LogP contribution >= 0.6 is 0 Å². The van der Waals surface area contributed by atoms with Crippen LogP contribution in [-0.2, 0) is 0 Å². The van der Waals surface area contributed by atoms with Gasteiger partial charge in [0, 0.05) is 17.1 Å². The predicted molar refractivity (Wildman–Crippen MR) is 269 cm³/mol. The van der Waals surface area contributed by atoms with Gasteiger partial charge >= 0.3 is 0 Å². The zero-order valence-corrected chi connectivity index (χ0v) is 34.8. The Morgan fingerprint density at radius 3 is 1.02 bits per heavy atom. The third-order valence-electron chi connectivity index (χ3n) is 12.2. The molecular formula is C62H43N. The lowest BCUT2D eigenvalue weighted by Gasteiger charge is -2.25. The minimum Gasteiger partial charge on any atom is -0.311 e. The molecule has 11 rings (SSSR count). The zero-order valence-electron chi connectivity index (χ0n) is 34.8. The number of benzene rings is 11. The average molecular weight is 802 g/mol. The maximum absolute atomic E-state index is 2.44. The summed E-state index contributed by atoms with van der Waals surface area (Å²) in [4.78, 5) is 2.30. The van der Waals surface area contributed by atoms with Gasteiger partial charge in [0.05, 0.1) is 0 Å². The monoisotopic (exact) mass is 801 g/mol. The summed E-state index contributed by atoms with van der Waals surface area (Å²) in [6.45, 7) is 0. The van der Waals surface area contributed by atoms with Gasteiger partial charge in [0.2, 0.25) is 0 Å². The second kappa shape index (κ2) is 16.7. The highest BCUT2D eigenvalue weighted by Crippen LogP contribution is 2.50. The molecule has 0 aliphatic rings. The summed E-state index contributed by atoms with van der Waals surface area (Å²) >= 11 is 0. The topological polar surface area (TPSA) is 3.24 Å². The lowest BCUT2D eigenvalue weighted by Crippen LogP contribution is -2.09. The largest absolute Gasteiger partial charge is 0.311 e. The fourth-order valence-corrected chi connectivity index (χ4v) is 9.21. The molecule has 1 heteroatoms. The first-order chi connectivity index (χ1) is 31.2. The number of hydrogen-bond acceptors (Lipinski definition) is 1. The van der Waals surface area contributed by atoms with Crippen molar-refractivity contribution in [3.05, 3.63) is 261 Å². The lowest BCUT2D eigenvalue weighted by atomic mass is 9.78. The Kier molecular flexibility index (Phi) is 9.97. The molecule has 11 aromatic rings. The van der Waals surface area contributed by atoms with Crippen molar-refractivity contribution < 1.29 is 0 Å². The van der Waals surface area contributed by atoms with E-state index in [1.807, 2.05) is 0 Å². The minimum absolute atomic E-state index is 1.12. The number of nitrogens with zero attached hydrogens (tertiary/aromatic N) is 1. The smallest absolute Gasteiger partial charge is 0.0462 e. The summed E-state index contributed by atoms with van der Waals surface area (Å²) in [5.74, 6) is 0. The number of rotatable bonds is 9. The van der Waals surface area contributed by atoms with Crippen LogP contribution in [0.15, 0.2) is 261 Å². The number of fused-ring (bicyclic) bond motifs is 2. The Morgan fingerprint density at radius 2 is 0.540 bits per heavy atom. The van der Waals surface area contributed by atoms with E-state index in [0.29, 0.717) is 0 Å². The third-order valence-corrected chi connectivity index (χ3v) is 12.2. The normalized spacial score (nSPS) is 11.2. The molecule has 0 atom stereocenters. The number of para-hydroxylation sites is 2. The van der Waals surface area contributed by atoms with Gasteiger partial charge in [-0.15, -0.1) is 0 Å². The van der Waals surface area contributed by atoms with Gasteiger partial charge in [-0.25, -0.2) is 0 Å². The zero-order chi connectivity index (χ0) is 42.0. The van der Waals surface area contributed by atoms with E-state index in [1.165, 1.54) is 88.3 Å². The van der Waals surface area contributed by atoms with Gasteiger partial charge in [0.15, 0.2) is 0 Å². The first kappa shape index (κ1) is 37.7. The predicted octanol–water partition coefficient (Wildman–Crippen LogP) is 17.5. The van der Waals surface area contributed by atoms with Gasteiger partial charge < -0.3 is 4.90 Å². The van der Waals surface area contributed by atoms with Crippen molar-refractivity contribution in [1.82, 2.24) is 0 Å². The van der Waals surface area contributed by atoms with Crippen molar-refractivity contribution in [1.29, 1.82) is 0 Å². The standard InChI is InChI=1S/C62H43N/c1-7-19-45(20-8-1)58-43-59(61(47-23-11-3-12-24-47)62(48-25-13-4-14-26-48)60(58)46-21-9-2-10-22-46)52-34-33-51-40-53-39-49(31-32-50(53)41-54(51)42-52)44-35-37-57(38-36-44)63(55-27-15-5-16-28-55)56-29-17-6-18-30-56/h1-43H. The van der Waals surface area contributed by atoms with E-state index in [9.17, 15) is 0 Å². The van der Waals surface area contributed by atoms with Gasteiger partial charge in [0.1, 0.15) is 0 Å². The van der Waals surface area contributed by atoms with Gasteiger partial charge in [-0.3, -0.25) is 0 Å². The van der Waals surface area contributed by atoms with Gasteiger partial charge in [-0.2, -0.15) is 0 Å². The van der Waals surface area contributed by atoms with Crippen LogP contribution in [0.1, 0.15) is 0 Å². The molecule has 11 aromatic carbocycles.